The van der Waals surface area contributed by atoms with Crippen LogP contribution in [0.15, 0.2) is 60.8 Å². The second-order valence-electron chi connectivity index (χ2n) is 8.30. The molecule has 0 atom stereocenters. The van der Waals surface area contributed by atoms with Gasteiger partial charge in [-0.2, -0.15) is 0 Å². The zero-order chi connectivity index (χ0) is 23.2. The van der Waals surface area contributed by atoms with Gasteiger partial charge in [0, 0.05) is 41.7 Å². The molecule has 170 valence electrons. The highest BCUT2D eigenvalue weighted by molar-refractivity contribution is 5.93. The van der Waals surface area contributed by atoms with E-state index in [4.69, 9.17) is 0 Å². The number of rotatable bonds is 6. The first-order valence-corrected chi connectivity index (χ1v) is 11.0. The zero-order valence-corrected chi connectivity index (χ0v) is 18.8. The predicted molar refractivity (Wildman–Crippen MR) is 130 cm³/mol. The maximum atomic E-state index is 12.6. The van der Waals surface area contributed by atoms with E-state index in [0.717, 1.165) is 54.3 Å². The van der Waals surface area contributed by atoms with Gasteiger partial charge in [0.25, 0.3) is 0 Å². The third kappa shape index (κ3) is 6.14. The minimum absolute atomic E-state index is 0.0508. The van der Waals surface area contributed by atoms with E-state index in [-0.39, 0.29) is 17.7 Å². The van der Waals surface area contributed by atoms with Gasteiger partial charge in [0.2, 0.25) is 17.8 Å². The summed E-state index contributed by atoms with van der Waals surface area (Å²) in [5.74, 6) is 0.467. The maximum absolute atomic E-state index is 12.6. The largest absolute Gasteiger partial charge is 0.326 e. The van der Waals surface area contributed by atoms with Crippen molar-refractivity contribution in [3.8, 4) is 11.3 Å². The second kappa shape index (κ2) is 10.2. The number of carbonyl (C=O) groups excluding carboxylic acids is 2. The lowest BCUT2D eigenvalue weighted by atomic mass is 9.96. The molecule has 3 aromatic rings. The van der Waals surface area contributed by atoms with Crippen molar-refractivity contribution in [2.24, 2.45) is 5.92 Å². The highest BCUT2D eigenvalue weighted by Gasteiger charge is 2.23. The predicted octanol–water partition coefficient (Wildman–Crippen LogP) is 4.13. The summed E-state index contributed by atoms with van der Waals surface area (Å²) in [6.45, 7) is 3.37. The van der Waals surface area contributed by atoms with Crippen molar-refractivity contribution >= 4 is 34.8 Å². The standard InChI is InChI=1S/C25H28N6O2/c1-17(32)27-20-8-6-18(7-9-20)23-10-13-26-25(30-23)29-22-5-3-4-21(16-22)28-24(33)19-11-14-31(2)15-12-19/h3-10,13,16,19H,11-12,14-15H2,1-2H3,(H,27,32)(H,28,33)(H,26,29,30). The van der Waals surface area contributed by atoms with Gasteiger partial charge >= 0.3 is 0 Å². The Morgan fingerprint density at radius 3 is 2.39 bits per heavy atom. The number of amides is 2. The van der Waals surface area contributed by atoms with Crippen LogP contribution in [0.4, 0.5) is 23.0 Å². The highest BCUT2D eigenvalue weighted by Crippen LogP contribution is 2.24. The number of anilines is 4. The molecule has 0 unspecified atom stereocenters. The smallest absolute Gasteiger partial charge is 0.227 e. The van der Waals surface area contributed by atoms with Crippen LogP contribution in [0.5, 0.6) is 0 Å². The summed E-state index contributed by atoms with van der Waals surface area (Å²) in [6, 6.07) is 16.9. The van der Waals surface area contributed by atoms with Crippen molar-refractivity contribution in [3.63, 3.8) is 0 Å². The number of hydrogen-bond donors (Lipinski definition) is 3. The molecular weight excluding hydrogens is 416 g/mol. The molecule has 1 aliphatic heterocycles. The summed E-state index contributed by atoms with van der Waals surface area (Å²) in [6.07, 6.45) is 3.46. The molecule has 0 radical (unpaired) electrons. The van der Waals surface area contributed by atoms with E-state index < -0.39 is 0 Å². The number of likely N-dealkylation sites (tertiary alicyclic amines) is 1. The molecule has 0 aliphatic carbocycles. The molecule has 2 amide bonds. The van der Waals surface area contributed by atoms with Gasteiger partial charge < -0.3 is 20.9 Å². The highest BCUT2D eigenvalue weighted by atomic mass is 16.2. The van der Waals surface area contributed by atoms with Gasteiger partial charge in [-0.25, -0.2) is 9.97 Å². The first kappa shape index (κ1) is 22.4. The Labute approximate surface area is 193 Å². The van der Waals surface area contributed by atoms with Gasteiger partial charge in [-0.3, -0.25) is 9.59 Å². The fourth-order valence-electron chi connectivity index (χ4n) is 3.83. The second-order valence-corrected chi connectivity index (χ2v) is 8.30. The Morgan fingerprint density at radius 2 is 1.67 bits per heavy atom. The summed E-state index contributed by atoms with van der Waals surface area (Å²) in [5, 5.41) is 9.01. The molecular formula is C25H28N6O2. The van der Waals surface area contributed by atoms with Crippen LogP contribution in [-0.4, -0.2) is 46.8 Å². The van der Waals surface area contributed by atoms with E-state index in [1.54, 1.807) is 6.20 Å². The monoisotopic (exact) mass is 444 g/mol. The first-order chi connectivity index (χ1) is 16.0. The van der Waals surface area contributed by atoms with Crippen LogP contribution in [0.2, 0.25) is 0 Å². The summed E-state index contributed by atoms with van der Waals surface area (Å²) < 4.78 is 0. The number of piperidine rings is 1. The fraction of sp³-hybridized carbons (Fsp3) is 0.280. The van der Waals surface area contributed by atoms with Crippen molar-refractivity contribution < 1.29 is 9.59 Å². The Kier molecular flexibility index (Phi) is 6.95. The molecule has 2 aromatic carbocycles. The van der Waals surface area contributed by atoms with E-state index in [9.17, 15) is 9.59 Å². The number of nitrogens with one attached hydrogen (secondary N) is 3. The van der Waals surface area contributed by atoms with Gasteiger partial charge in [0.15, 0.2) is 0 Å². The quantitative estimate of drug-likeness (QED) is 0.529. The molecule has 8 heteroatoms. The van der Waals surface area contributed by atoms with E-state index in [0.29, 0.717) is 5.95 Å². The van der Waals surface area contributed by atoms with Gasteiger partial charge in [-0.05, 0) is 69.4 Å². The average molecular weight is 445 g/mol. The molecule has 33 heavy (non-hydrogen) atoms. The van der Waals surface area contributed by atoms with Gasteiger partial charge in [-0.1, -0.05) is 18.2 Å². The molecule has 3 N–H and O–H groups in total. The lowest BCUT2D eigenvalue weighted by Crippen LogP contribution is -2.35. The summed E-state index contributed by atoms with van der Waals surface area (Å²) >= 11 is 0. The van der Waals surface area contributed by atoms with Crippen LogP contribution in [0.3, 0.4) is 0 Å². The summed E-state index contributed by atoms with van der Waals surface area (Å²) in [5.41, 5.74) is 3.93. The van der Waals surface area contributed by atoms with E-state index >= 15 is 0 Å². The van der Waals surface area contributed by atoms with Crippen LogP contribution in [-0.2, 0) is 9.59 Å². The molecule has 2 heterocycles. The number of benzene rings is 2. The number of aromatic nitrogens is 2. The molecule has 1 aliphatic rings. The zero-order valence-electron chi connectivity index (χ0n) is 18.8. The normalized spacial score (nSPS) is 14.5. The lowest BCUT2D eigenvalue weighted by molar-refractivity contribution is -0.121. The van der Waals surface area contributed by atoms with Crippen LogP contribution in [0.1, 0.15) is 19.8 Å². The SMILES string of the molecule is CC(=O)Nc1ccc(-c2ccnc(Nc3cccc(NC(=O)C4CCN(C)CC4)c3)n2)cc1. The van der Waals surface area contributed by atoms with Crippen molar-refractivity contribution in [2.45, 2.75) is 19.8 Å². The first-order valence-electron chi connectivity index (χ1n) is 11.0. The topological polar surface area (TPSA) is 99.2 Å². The Bertz CT molecular complexity index is 1120. The molecule has 0 bridgehead atoms. The Balaban J connectivity index is 1.42. The number of hydrogen-bond acceptors (Lipinski definition) is 6. The van der Waals surface area contributed by atoms with Gasteiger partial charge in [0.1, 0.15) is 0 Å². The van der Waals surface area contributed by atoms with Crippen molar-refractivity contribution in [1.82, 2.24) is 14.9 Å². The minimum atomic E-state index is -0.110. The van der Waals surface area contributed by atoms with Gasteiger partial charge in [0.05, 0.1) is 5.69 Å². The molecule has 8 nitrogen and oxygen atoms in total. The van der Waals surface area contributed by atoms with E-state index in [1.165, 1.54) is 6.92 Å². The van der Waals surface area contributed by atoms with Crippen molar-refractivity contribution in [2.75, 3.05) is 36.1 Å². The minimum Gasteiger partial charge on any atom is -0.326 e. The fourth-order valence-corrected chi connectivity index (χ4v) is 3.83. The summed E-state index contributed by atoms with van der Waals surface area (Å²) in [7, 11) is 2.08. The maximum Gasteiger partial charge on any atom is 0.227 e. The van der Waals surface area contributed by atoms with Gasteiger partial charge in [-0.15, -0.1) is 0 Å². The van der Waals surface area contributed by atoms with Crippen LogP contribution in [0.25, 0.3) is 11.3 Å². The molecule has 1 saturated heterocycles. The van der Waals surface area contributed by atoms with Crippen molar-refractivity contribution in [3.05, 3.63) is 60.8 Å². The van der Waals surface area contributed by atoms with E-state index in [2.05, 4.69) is 37.9 Å². The molecule has 1 fully saturated rings. The van der Waals surface area contributed by atoms with Crippen LogP contribution >= 0.6 is 0 Å². The molecule has 4 rings (SSSR count). The Morgan fingerprint density at radius 1 is 0.939 bits per heavy atom. The summed E-state index contributed by atoms with van der Waals surface area (Å²) in [4.78, 5) is 35.0. The van der Waals surface area contributed by atoms with Crippen LogP contribution < -0.4 is 16.0 Å². The number of nitrogens with zero attached hydrogens (tertiary/aromatic N) is 3. The lowest BCUT2D eigenvalue weighted by Gasteiger charge is -2.28. The van der Waals surface area contributed by atoms with E-state index in [1.807, 2.05) is 54.6 Å². The third-order valence-electron chi connectivity index (χ3n) is 5.63. The average Bonchev–Trinajstić information content (AvgIpc) is 2.80. The van der Waals surface area contributed by atoms with Crippen LogP contribution in [0, 0.1) is 5.92 Å². The third-order valence-corrected chi connectivity index (χ3v) is 5.63. The van der Waals surface area contributed by atoms with Crippen molar-refractivity contribution in [1.29, 1.82) is 0 Å². The molecule has 0 spiro atoms. The molecule has 1 aromatic heterocycles. The Hall–Kier alpha value is -3.78. The molecule has 0 saturated carbocycles. The number of carbonyl (C=O) groups is 2.